The average molecular weight is 452 g/mol. The third-order valence-corrected chi connectivity index (χ3v) is 5.89. The highest BCUT2D eigenvalue weighted by atomic mass is 16.5. The van der Waals surface area contributed by atoms with Crippen molar-refractivity contribution in [2.45, 2.75) is 38.8 Å². The number of nitrogens with zero attached hydrogens (tertiary/aromatic N) is 2. The van der Waals surface area contributed by atoms with E-state index in [1.807, 2.05) is 30.3 Å². The number of aryl methyl sites for hydroxylation is 1. The molecule has 0 spiro atoms. The summed E-state index contributed by atoms with van der Waals surface area (Å²) in [5, 5.41) is 2.71. The number of carbonyl (C=O) groups excluding carboxylic acids is 4. The SMILES string of the molecule is CCc1ccc(CN(C)C(=O)COC(=O)CN2C(=O)NC(CC)(c3ccccc3)C2=O)cc1. The summed E-state index contributed by atoms with van der Waals surface area (Å²) in [5.74, 6) is -1.73. The van der Waals surface area contributed by atoms with Crippen molar-refractivity contribution in [1.29, 1.82) is 0 Å². The van der Waals surface area contributed by atoms with Crippen LogP contribution in [0.2, 0.25) is 0 Å². The molecule has 0 saturated carbocycles. The zero-order valence-corrected chi connectivity index (χ0v) is 19.2. The predicted molar refractivity (Wildman–Crippen MR) is 122 cm³/mol. The summed E-state index contributed by atoms with van der Waals surface area (Å²) in [6, 6.07) is 16.2. The van der Waals surface area contributed by atoms with Gasteiger partial charge in [0.2, 0.25) is 0 Å². The Kier molecular flexibility index (Phi) is 7.48. The third-order valence-electron chi connectivity index (χ3n) is 5.89. The van der Waals surface area contributed by atoms with Crippen LogP contribution >= 0.6 is 0 Å². The molecule has 2 aromatic rings. The number of hydrogen-bond donors (Lipinski definition) is 1. The number of urea groups is 1. The van der Waals surface area contributed by atoms with Crippen LogP contribution in [0.15, 0.2) is 54.6 Å². The van der Waals surface area contributed by atoms with Crippen LogP contribution in [0.4, 0.5) is 4.79 Å². The fraction of sp³-hybridized carbons (Fsp3) is 0.360. The molecule has 0 aromatic heterocycles. The van der Waals surface area contributed by atoms with Crippen molar-refractivity contribution in [3.05, 3.63) is 71.3 Å². The Hall–Kier alpha value is -3.68. The molecular weight excluding hydrogens is 422 g/mol. The van der Waals surface area contributed by atoms with E-state index in [1.165, 1.54) is 10.5 Å². The van der Waals surface area contributed by atoms with Gasteiger partial charge in [0, 0.05) is 13.6 Å². The van der Waals surface area contributed by atoms with Crippen molar-refractivity contribution < 1.29 is 23.9 Å². The summed E-state index contributed by atoms with van der Waals surface area (Å²) >= 11 is 0. The number of carbonyl (C=O) groups is 4. The first-order chi connectivity index (χ1) is 15.8. The molecule has 1 N–H and O–H groups in total. The molecule has 33 heavy (non-hydrogen) atoms. The minimum atomic E-state index is -1.22. The van der Waals surface area contributed by atoms with Crippen LogP contribution in [0.3, 0.4) is 0 Å². The molecule has 0 radical (unpaired) electrons. The maximum absolute atomic E-state index is 13.1. The molecule has 1 aliphatic heterocycles. The predicted octanol–water partition coefficient (Wildman–Crippen LogP) is 2.61. The Morgan fingerprint density at radius 1 is 1.00 bits per heavy atom. The van der Waals surface area contributed by atoms with Crippen molar-refractivity contribution in [3.63, 3.8) is 0 Å². The molecule has 0 aliphatic carbocycles. The van der Waals surface area contributed by atoms with E-state index < -0.39 is 36.6 Å². The average Bonchev–Trinajstić information content (AvgIpc) is 3.08. The van der Waals surface area contributed by atoms with Crippen molar-refractivity contribution in [2.24, 2.45) is 0 Å². The number of hydrogen-bond acceptors (Lipinski definition) is 5. The quantitative estimate of drug-likeness (QED) is 0.467. The lowest BCUT2D eigenvalue weighted by molar-refractivity contribution is -0.153. The van der Waals surface area contributed by atoms with Crippen molar-refractivity contribution in [3.8, 4) is 0 Å². The summed E-state index contributed by atoms with van der Waals surface area (Å²) in [4.78, 5) is 52.5. The molecule has 1 heterocycles. The first-order valence-corrected chi connectivity index (χ1v) is 11.0. The zero-order chi connectivity index (χ0) is 24.0. The maximum Gasteiger partial charge on any atom is 0.326 e. The van der Waals surface area contributed by atoms with E-state index in [1.54, 1.807) is 38.2 Å². The Morgan fingerprint density at radius 2 is 1.64 bits per heavy atom. The lowest BCUT2D eigenvalue weighted by atomic mass is 9.87. The van der Waals surface area contributed by atoms with Crippen LogP contribution in [-0.2, 0) is 37.6 Å². The number of nitrogens with one attached hydrogen (secondary N) is 1. The second-order valence-corrected chi connectivity index (χ2v) is 8.03. The van der Waals surface area contributed by atoms with Crippen LogP contribution in [0.1, 0.15) is 37.0 Å². The van der Waals surface area contributed by atoms with Crippen molar-refractivity contribution in [2.75, 3.05) is 20.2 Å². The first-order valence-electron chi connectivity index (χ1n) is 11.0. The van der Waals surface area contributed by atoms with Crippen LogP contribution < -0.4 is 5.32 Å². The zero-order valence-electron chi connectivity index (χ0n) is 19.2. The molecule has 1 unspecified atom stereocenters. The molecule has 4 amide bonds. The molecule has 1 saturated heterocycles. The maximum atomic E-state index is 13.1. The standard InChI is InChI=1S/C25H29N3O5/c1-4-18-11-13-19(14-12-18)15-27(3)21(29)17-33-22(30)16-28-23(31)25(5-2,26-24(28)32)20-9-7-6-8-10-20/h6-14H,4-5,15-17H2,1-3H3,(H,26,32). The highest BCUT2D eigenvalue weighted by molar-refractivity contribution is 6.09. The molecule has 174 valence electrons. The van der Waals surface area contributed by atoms with Gasteiger partial charge in [0.15, 0.2) is 6.61 Å². The third kappa shape index (κ3) is 5.22. The summed E-state index contributed by atoms with van der Waals surface area (Å²) in [6.07, 6.45) is 1.27. The van der Waals surface area contributed by atoms with E-state index in [4.69, 9.17) is 4.74 Å². The van der Waals surface area contributed by atoms with Crippen molar-refractivity contribution in [1.82, 2.24) is 15.1 Å². The van der Waals surface area contributed by atoms with Gasteiger partial charge in [0.1, 0.15) is 12.1 Å². The largest absolute Gasteiger partial charge is 0.454 e. The molecule has 1 fully saturated rings. The number of benzene rings is 2. The first kappa shape index (κ1) is 24.0. The Balaban J connectivity index is 1.55. The van der Waals surface area contributed by atoms with Crippen LogP contribution in [0.25, 0.3) is 0 Å². The second kappa shape index (κ2) is 10.3. The second-order valence-electron chi connectivity index (χ2n) is 8.03. The van der Waals surface area contributed by atoms with Crippen LogP contribution in [0, 0.1) is 0 Å². The Morgan fingerprint density at radius 3 is 2.24 bits per heavy atom. The molecule has 2 aromatic carbocycles. The van der Waals surface area contributed by atoms with Gasteiger partial charge in [0.05, 0.1) is 0 Å². The van der Waals surface area contributed by atoms with E-state index in [9.17, 15) is 19.2 Å². The lowest BCUT2D eigenvalue weighted by Gasteiger charge is -2.25. The Bertz CT molecular complexity index is 1020. The summed E-state index contributed by atoms with van der Waals surface area (Å²) in [6.45, 7) is 3.21. The number of ether oxygens (including phenoxy) is 1. The van der Waals surface area contributed by atoms with Crippen LogP contribution in [-0.4, -0.2) is 53.8 Å². The highest BCUT2D eigenvalue weighted by Crippen LogP contribution is 2.32. The van der Waals surface area contributed by atoms with E-state index in [0.29, 0.717) is 18.5 Å². The normalized spacial score (nSPS) is 17.6. The fourth-order valence-corrected chi connectivity index (χ4v) is 3.80. The smallest absolute Gasteiger partial charge is 0.326 e. The van der Waals surface area contributed by atoms with Gasteiger partial charge in [-0.3, -0.25) is 19.3 Å². The number of likely N-dealkylation sites (N-methyl/N-ethyl adjacent to an activating group) is 1. The molecule has 0 bridgehead atoms. The number of imide groups is 1. The van der Waals surface area contributed by atoms with E-state index in [2.05, 4.69) is 12.2 Å². The highest BCUT2D eigenvalue weighted by Gasteiger charge is 2.51. The van der Waals surface area contributed by atoms with E-state index in [0.717, 1.165) is 16.9 Å². The van der Waals surface area contributed by atoms with E-state index in [-0.39, 0.29) is 5.91 Å². The van der Waals surface area contributed by atoms with E-state index >= 15 is 0 Å². The molecule has 1 atom stereocenters. The minimum Gasteiger partial charge on any atom is -0.454 e. The van der Waals surface area contributed by atoms with Crippen LogP contribution in [0.5, 0.6) is 0 Å². The molecular formula is C25H29N3O5. The Labute approximate surface area is 193 Å². The molecule has 1 aliphatic rings. The van der Waals surface area contributed by atoms with Gasteiger partial charge >= 0.3 is 12.0 Å². The fourth-order valence-electron chi connectivity index (χ4n) is 3.80. The van der Waals surface area contributed by atoms with Gasteiger partial charge in [-0.05, 0) is 29.5 Å². The topological polar surface area (TPSA) is 96.0 Å². The number of esters is 1. The monoisotopic (exact) mass is 451 g/mol. The summed E-state index contributed by atoms with van der Waals surface area (Å²) < 4.78 is 5.06. The number of amides is 4. The summed E-state index contributed by atoms with van der Waals surface area (Å²) in [5.41, 5.74) is 1.60. The van der Waals surface area contributed by atoms with Gasteiger partial charge in [0.25, 0.3) is 11.8 Å². The van der Waals surface area contributed by atoms with Gasteiger partial charge in [-0.1, -0.05) is 68.4 Å². The molecule has 8 heteroatoms. The molecule has 8 nitrogen and oxygen atoms in total. The van der Waals surface area contributed by atoms with Gasteiger partial charge in [-0.2, -0.15) is 0 Å². The lowest BCUT2D eigenvalue weighted by Crippen LogP contribution is -2.44. The van der Waals surface area contributed by atoms with Gasteiger partial charge < -0.3 is 15.0 Å². The number of rotatable bonds is 9. The van der Waals surface area contributed by atoms with Crippen molar-refractivity contribution >= 4 is 23.8 Å². The van der Waals surface area contributed by atoms with Gasteiger partial charge in [-0.25, -0.2) is 4.79 Å². The summed E-state index contributed by atoms with van der Waals surface area (Å²) in [7, 11) is 1.62. The molecule has 3 rings (SSSR count). The van der Waals surface area contributed by atoms with Gasteiger partial charge in [-0.15, -0.1) is 0 Å². The minimum absolute atomic E-state index is 0.329.